The molecule has 0 saturated heterocycles. The fourth-order valence-electron chi connectivity index (χ4n) is 3.75. The summed E-state index contributed by atoms with van der Waals surface area (Å²) in [6.07, 6.45) is 5.36. The molecule has 5 heteroatoms. The average molecular weight is 276 g/mol. The molecule has 108 valence electrons. The summed E-state index contributed by atoms with van der Waals surface area (Å²) in [6, 6.07) is 5.22. The van der Waals surface area contributed by atoms with Crippen LogP contribution in [-0.2, 0) is 0 Å². The molecule has 0 radical (unpaired) electrons. The topological polar surface area (TPSA) is 78.4 Å². The highest BCUT2D eigenvalue weighted by molar-refractivity contribution is 5.51. The molecule has 2 N–H and O–H groups in total. The van der Waals surface area contributed by atoms with E-state index in [1.165, 1.54) is 18.9 Å². The zero-order chi connectivity index (χ0) is 14.3. The zero-order valence-electron chi connectivity index (χ0n) is 11.7. The van der Waals surface area contributed by atoms with E-state index < -0.39 is 0 Å². The van der Waals surface area contributed by atoms with E-state index in [1.807, 2.05) is 13.0 Å². The molecule has 2 unspecified atom stereocenters. The first-order valence-corrected chi connectivity index (χ1v) is 7.21. The largest absolute Gasteiger partial charge is 0.483 e. The van der Waals surface area contributed by atoms with Crippen LogP contribution >= 0.6 is 0 Å². The molecule has 1 spiro atoms. The van der Waals surface area contributed by atoms with Gasteiger partial charge in [-0.3, -0.25) is 10.1 Å². The number of nitrogens with zero attached hydrogens (tertiary/aromatic N) is 1. The van der Waals surface area contributed by atoms with Gasteiger partial charge in [0, 0.05) is 23.9 Å². The normalized spacial score (nSPS) is 27.3. The fourth-order valence-corrected chi connectivity index (χ4v) is 3.75. The molecular formula is C15H20N2O3. The molecule has 0 heterocycles. The lowest BCUT2D eigenvalue weighted by Gasteiger charge is -2.52. The molecule has 3 rings (SSSR count). The van der Waals surface area contributed by atoms with Gasteiger partial charge in [-0.05, 0) is 25.3 Å². The summed E-state index contributed by atoms with van der Waals surface area (Å²) in [5, 5.41) is 11.1. The van der Waals surface area contributed by atoms with E-state index in [1.54, 1.807) is 6.07 Å². The van der Waals surface area contributed by atoms with Crippen molar-refractivity contribution in [2.45, 2.75) is 51.2 Å². The lowest BCUT2D eigenvalue weighted by atomic mass is 9.61. The second-order valence-electron chi connectivity index (χ2n) is 6.07. The Kier molecular flexibility index (Phi) is 3.17. The van der Waals surface area contributed by atoms with E-state index in [2.05, 4.69) is 0 Å². The monoisotopic (exact) mass is 276 g/mol. The zero-order valence-corrected chi connectivity index (χ0v) is 11.7. The number of benzene rings is 1. The maximum atomic E-state index is 11.1. The summed E-state index contributed by atoms with van der Waals surface area (Å²) in [6.45, 7) is 1.85. The molecule has 2 aliphatic carbocycles. The van der Waals surface area contributed by atoms with Crippen LogP contribution in [0.5, 0.6) is 5.75 Å². The number of rotatable bonds is 3. The van der Waals surface area contributed by atoms with Crippen molar-refractivity contribution in [1.82, 2.24) is 0 Å². The minimum absolute atomic E-state index is 0.0276. The summed E-state index contributed by atoms with van der Waals surface area (Å²) < 4.78 is 6.06. The van der Waals surface area contributed by atoms with Crippen molar-refractivity contribution < 1.29 is 9.66 Å². The first-order chi connectivity index (χ1) is 9.54. The van der Waals surface area contributed by atoms with Crippen molar-refractivity contribution in [3.63, 3.8) is 0 Å². The summed E-state index contributed by atoms with van der Waals surface area (Å²) in [5.41, 5.74) is 7.10. The number of para-hydroxylation sites is 1. The molecule has 2 aliphatic rings. The van der Waals surface area contributed by atoms with Crippen molar-refractivity contribution in [2.24, 2.45) is 11.1 Å². The Labute approximate surface area is 118 Å². The van der Waals surface area contributed by atoms with E-state index in [0.29, 0.717) is 5.75 Å². The molecule has 0 aliphatic heterocycles. The third-order valence-corrected chi connectivity index (χ3v) is 5.03. The van der Waals surface area contributed by atoms with Crippen LogP contribution in [0.3, 0.4) is 0 Å². The molecule has 20 heavy (non-hydrogen) atoms. The van der Waals surface area contributed by atoms with Gasteiger partial charge < -0.3 is 10.5 Å². The highest BCUT2D eigenvalue weighted by Crippen LogP contribution is 2.54. The van der Waals surface area contributed by atoms with Gasteiger partial charge in [-0.1, -0.05) is 25.0 Å². The van der Waals surface area contributed by atoms with E-state index in [9.17, 15) is 10.1 Å². The minimum atomic E-state index is -0.373. The van der Waals surface area contributed by atoms with Gasteiger partial charge >= 0.3 is 5.69 Å². The second kappa shape index (κ2) is 4.74. The van der Waals surface area contributed by atoms with Crippen molar-refractivity contribution in [1.29, 1.82) is 0 Å². The predicted molar refractivity (Wildman–Crippen MR) is 75.7 cm³/mol. The molecule has 0 bridgehead atoms. The van der Waals surface area contributed by atoms with Gasteiger partial charge in [-0.25, -0.2) is 0 Å². The molecule has 2 fully saturated rings. The lowest BCUT2D eigenvalue weighted by Crippen LogP contribution is -2.62. The summed E-state index contributed by atoms with van der Waals surface area (Å²) in [5.74, 6) is 0.417. The molecule has 5 nitrogen and oxygen atoms in total. The van der Waals surface area contributed by atoms with Crippen molar-refractivity contribution in [3.05, 3.63) is 33.9 Å². The molecule has 0 aromatic heterocycles. The van der Waals surface area contributed by atoms with E-state index in [4.69, 9.17) is 10.5 Å². The first-order valence-electron chi connectivity index (χ1n) is 7.21. The summed E-state index contributed by atoms with van der Waals surface area (Å²) >= 11 is 0. The minimum Gasteiger partial charge on any atom is -0.483 e. The highest BCUT2D eigenvalue weighted by atomic mass is 16.6. The second-order valence-corrected chi connectivity index (χ2v) is 6.07. The van der Waals surface area contributed by atoms with Crippen molar-refractivity contribution in [2.75, 3.05) is 0 Å². The van der Waals surface area contributed by atoms with Crippen LogP contribution in [-0.4, -0.2) is 17.1 Å². The van der Waals surface area contributed by atoms with E-state index in [0.717, 1.165) is 24.8 Å². The van der Waals surface area contributed by atoms with Gasteiger partial charge in [0.1, 0.15) is 6.10 Å². The molecule has 2 atom stereocenters. The Balaban J connectivity index is 1.87. The number of hydrogen-bond acceptors (Lipinski definition) is 4. The SMILES string of the molecule is Cc1cccc([N+](=O)[O-])c1OC1CC(N)C12CCCC2. The third kappa shape index (κ3) is 1.88. The number of hydrogen-bond donors (Lipinski definition) is 1. The first kappa shape index (κ1) is 13.4. The summed E-state index contributed by atoms with van der Waals surface area (Å²) in [4.78, 5) is 10.8. The Bertz CT molecular complexity index is 538. The van der Waals surface area contributed by atoms with Crippen molar-refractivity contribution >= 4 is 5.69 Å². The number of nitro groups is 1. The van der Waals surface area contributed by atoms with Gasteiger partial charge in [-0.15, -0.1) is 0 Å². The Morgan fingerprint density at radius 3 is 2.70 bits per heavy atom. The maximum Gasteiger partial charge on any atom is 0.311 e. The molecule has 2 saturated carbocycles. The van der Waals surface area contributed by atoms with Gasteiger partial charge in [0.25, 0.3) is 0 Å². The molecular weight excluding hydrogens is 256 g/mol. The van der Waals surface area contributed by atoms with Crippen LogP contribution in [0.4, 0.5) is 5.69 Å². The predicted octanol–water partition coefficient (Wildman–Crippen LogP) is 2.94. The standard InChI is InChI=1S/C15H20N2O3/c1-10-5-4-6-11(17(18)19)14(10)20-13-9-12(16)15(13)7-2-3-8-15/h4-6,12-13H,2-3,7-9,16H2,1H3. The van der Waals surface area contributed by atoms with Crippen LogP contribution < -0.4 is 10.5 Å². The van der Waals surface area contributed by atoms with Crippen molar-refractivity contribution in [3.8, 4) is 5.75 Å². The quantitative estimate of drug-likeness (QED) is 0.680. The van der Waals surface area contributed by atoms with Crippen LogP contribution in [0, 0.1) is 22.5 Å². The number of nitrogens with two attached hydrogens (primary N) is 1. The number of nitro benzene ring substituents is 1. The molecule has 1 aromatic rings. The summed E-state index contributed by atoms with van der Waals surface area (Å²) in [7, 11) is 0. The highest BCUT2D eigenvalue weighted by Gasteiger charge is 2.56. The smallest absolute Gasteiger partial charge is 0.311 e. The maximum absolute atomic E-state index is 11.1. The number of aryl methyl sites for hydroxylation is 1. The fraction of sp³-hybridized carbons (Fsp3) is 0.600. The van der Waals surface area contributed by atoms with Gasteiger partial charge in [0.15, 0.2) is 5.75 Å². The van der Waals surface area contributed by atoms with E-state index in [-0.39, 0.29) is 28.2 Å². The Morgan fingerprint density at radius 1 is 1.40 bits per heavy atom. The molecule has 1 aromatic carbocycles. The Hall–Kier alpha value is -1.62. The van der Waals surface area contributed by atoms with Gasteiger partial charge in [-0.2, -0.15) is 0 Å². The molecule has 0 amide bonds. The van der Waals surface area contributed by atoms with Crippen LogP contribution in [0.25, 0.3) is 0 Å². The van der Waals surface area contributed by atoms with Crippen LogP contribution in [0.2, 0.25) is 0 Å². The Morgan fingerprint density at radius 2 is 2.10 bits per heavy atom. The van der Waals surface area contributed by atoms with Crippen LogP contribution in [0.15, 0.2) is 18.2 Å². The van der Waals surface area contributed by atoms with E-state index >= 15 is 0 Å². The van der Waals surface area contributed by atoms with Crippen LogP contribution in [0.1, 0.15) is 37.7 Å². The average Bonchev–Trinajstić information content (AvgIpc) is 2.92. The lowest BCUT2D eigenvalue weighted by molar-refractivity contribution is -0.386. The van der Waals surface area contributed by atoms with Gasteiger partial charge in [0.2, 0.25) is 0 Å². The third-order valence-electron chi connectivity index (χ3n) is 5.03. The number of ether oxygens (including phenoxy) is 1. The van der Waals surface area contributed by atoms with Gasteiger partial charge in [0.05, 0.1) is 4.92 Å².